The molecule has 1 aromatic rings. The first-order valence-electron chi connectivity index (χ1n) is 10.2. The van der Waals surface area contributed by atoms with Crippen LogP contribution in [-0.2, 0) is 20.8 Å². The monoisotopic (exact) mass is 424 g/mol. The molecule has 4 rings (SSSR count). The van der Waals surface area contributed by atoms with Crippen LogP contribution in [0.5, 0.6) is 5.75 Å². The number of ketones is 4. The van der Waals surface area contributed by atoms with Crippen molar-refractivity contribution in [3.05, 3.63) is 45.0 Å². The number of allylic oxidation sites excluding steroid dienone is 1. The molecule has 0 aliphatic heterocycles. The summed E-state index contributed by atoms with van der Waals surface area (Å²) in [6.07, 6.45) is 0.645. The number of carbonyl (C=O) groups excluding carboxylic acids is 4. The zero-order valence-electron chi connectivity index (χ0n) is 17.8. The zero-order chi connectivity index (χ0) is 23.0. The number of rotatable bonds is 2. The molecule has 3 N–H and O–H groups in total. The van der Waals surface area contributed by atoms with Gasteiger partial charge in [-0.15, -0.1) is 0 Å². The minimum absolute atomic E-state index is 0.00591. The second-order valence-electron chi connectivity index (χ2n) is 8.94. The van der Waals surface area contributed by atoms with Crippen LogP contribution in [0.25, 0.3) is 5.76 Å². The highest BCUT2D eigenvalue weighted by Crippen LogP contribution is 2.52. The highest BCUT2D eigenvalue weighted by molar-refractivity contribution is 6.33. The van der Waals surface area contributed by atoms with Crippen LogP contribution in [0.4, 0.5) is 0 Å². The van der Waals surface area contributed by atoms with Crippen molar-refractivity contribution in [2.75, 3.05) is 0 Å². The molecule has 7 nitrogen and oxygen atoms in total. The second-order valence-corrected chi connectivity index (χ2v) is 8.94. The Bertz CT molecular complexity index is 1170. The van der Waals surface area contributed by atoms with Crippen molar-refractivity contribution in [3.8, 4) is 5.75 Å². The molecule has 0 amide bonds. The van der Waals surface area contributed by atoms with Gasteiger partial charge in [-0.1, -0.05) is 5.57 Å². The molecule has 3 aliphatic rings. The van der Waals surface area contributed by atoms with E-state index in [2.05, 4.69) is 0 Å². The van der Waals surface area contributed by atoms with Gasteiger partial charge in [0.2, 0.25) is 11.6 Å². The molecule has 31 heavy (non-hydrogen) atoms. The van der Waals surface area contributed by atoms with Crippen LogP contribution in [0, 0.1) is 18.8 Å². The number of aryl methyl sites for hydroxylation is 1. The van der Waals surface area contributed by atoms with E-state index in [1.54, 1.807) is 19.9 Å². The van der Waals surface area contributed by atoms with E-state index in [-0.39, 0.29) is 47.5 Å². The van der Waals surface area contributed by atoms with Crippen molar-refractivity contribution in [2.45, 2.75) is 52.6 Å². The Morgan fingerprint density at radius 3 is 2.26 bits per heavy atom. The summed E-state index contributed by atoms with van der Waals surface area (Å²) in [5.41, 5.74) is -1.02. The van der Waals surface area contributed by atoms with Crippen molar-refractivity contribution in [1.82, 2.24) is 0 Å². The molecule has 0 bridgehead atoms. The largest absolute Gasteiger partial charge is 0.507 e. The van der Waals surface area contributed by atoms with Gasteiger partial charge in [-0.2, -0.15) is 0 Å². The molecular weight excluding hydrogens is 400 g/mol. The van der Waals surface area contributed by atoms with Crippen LogP contribution in [0.2, 0.25) is 0 Å². The smallest absolute Gasteiger partial charge is 0.206 e. The number of phenols is 1. The van der Waals surface area contributed by atoms with E-state index in [0.717, 1.165) is 0 Å². The second kappa shape index (κ2) is 6.72. The average molecular weight is 424 g/mol. The highest BCUT2D eigenvalue weighted by Gasteiger charge is 2.60. The normalized spacial score (nSPS) is 27.6. The molecule has 7 heteroatoms. The Hall–Kier alpha value is -3.06. The first kappa shape index (κ1) is 21.2. The van der Waals surface area contributed by atoms with Gasteiger partial charge in [0.25, 0.3) is 0 Å². The van der Waals surface area contributed by atoms with E-state index in [1.807, 2.05) is 0 Å². The Labute approximate surface area is 179 Å². The minimum atomic E-state index is -2.43. The number of hydrogen-bond donors (Lipinski definition) is 3. The molecule has 1 aromatic carbocycles. The highest BCUT2D eigenvalue weighted by atomic mass is 16.3. The summed E-state index contributed by atoms with van der Waals surface area (Å²) in [6.45, 7) is 5.83. The standard InChI is InChI=1S/C24H24O7/c1-9-5-14-7-13-8-16-15(11(3)25)6-10(2)20(27)19(16)21(28)18(13)23(30)24(14,31)22(29)17(9)12(4)26/h6,13-14,27-28,31H,5,7-8H2,1-4H3/t13-,14-,24-/m1/s1. The molecule has 0 heterocycles. The van der Waals surface area contributed by atoms with Crippen LogP contribution in [0.3, 0.4) is 0 Å². The van der Waals surface area contributed by atoms with Crippen molar-refractivity contribution >= 4 is 28.9 Å². The van der Waals surface area contributed by atoms with Crippen molar-refractivity contribution in [1.29, 1.82) is 0 Å². The number of aliphatic hydroxyl groups excluding tert-OH is 1. The fourth-order valence-electron chi connectivity index (χ4n) is 5.54. The Balaban J connectivity index is 1.95. The van der Waals surface area contributed by atoms with Gasteiger partial charge < -0.3 is 15.3 Å². The van der Waals surface area contributed by atoms with Crippen molar-refractivity contribution in [2.24, 2.45) is 11.8 Å². The van der Waals surface area contributed by atoms with Gasteiger partial charge in [-0.3, -0.25) is 19.2 Å². The zero-order valence-corrected chi connectivity index (χ0v) is 17.8. The summed E-state index contributed by atoms with van der Waals surface area (Å²) < 4.78 is 0. The number of aliphatic hydroxyl groups is 2. The molecule has 0 aromatic heterocycles. The number of fused-ring (bicyclic) bond motifs is 3. The van der Waals surface area contributed by atoms with Gasteiger partial charge in [0.15, 0.2) is 17.2 Å². The summed E-state index contributed by atoms with van der Waals surface area (Å²) in [7, 11) is 0. The lowest BCUT2D eigenvalue weighted by Crippen LogP contribution is -2.61. The maximum atomic E-state index is 13.5. The number of benzene rings is 1. The van der Waals surface area contributed by atoms with Crippen molar-refractivity contribution < 1.29 is 34.5 Å². The first-order valence-corrected chi connectivity index (χ1v) is 10.2. The molecular formula is C24H24O7. The van der Waals surface area contributed by atoms with Gasteiger partial charge in [0, 0.05) is 17.1 Å². The Morgan fingerprint density at radius 1 is 1.03 bits per heavy atom. The summed E-state index contributed by atoms with van der Waals surface area (Å²) in [6, 6.07) is 1.56. The fourth-order valence-corrected chi connectivity index (χ4v) is 5.54. The lowest BCUT2D eigenvalue weighted by Gasteiger charge is -2.46. The molecule has 0 spiro atoms. The van der Waals surface area contributed by atoms with E-state index in [4.69, 9.17) is 0 Å². The van der Waals surface area contributed by atoms with Gasteiger partial charge in [-0.05, 0) is 70.1 Å². The predicted octanol–water partition coefficient (Wildman–Crippen LogP) is 2.54. The SMILES string of the molecule is CC(=O)C1=C(C)C[C@@H]2C[C@@H]3Cc4c(C(C)=O)cc(C)c(O)c4C(O)=C3C(=O)[C@]2(O)C1=O. The molecule has 0 unspecified atom stereocenters. The third kappa shape index (κ3) is 2.69. The summed E-state index contributed by atoms with van der Waals surface area (Å²) in [5, 5.41) is 32.9. The fraction of sp³-hybridized carbons (Fsp3) is 0.417. The van der Waals surface area contributed by atoms with Crippen LogP contribution in [0.15, 0.2) is 22.8 Å². The Morgan fingerprint density at radius 2 is 1.68 bits per heavy atom. The quantitative estimate of drug-likeness (QED) is 0.378. The lowest BCUT2D eigenvalue weighted by molar-refractivity contribution is -0.157. The van der Waals surface area contributed by atoms with E-state index >= 15 is 0 Å². The number of aromatic hydroxyl groups is 1. The van der Waals surface area contributed by atoms with Crippen LogP contribution in [0.1, 0.15) is 60.7 Å². The van der Waals surface area contributed by atoms with E-state index in [1.165, 1.54) is 13.8 Å². The van der Waals surface area contributed by atoms with Crippen LogP contribution < -0.4 is 0 Å². The van der Waals surface area contributed by atoms with E-state index < -0.39 is 40.5 Å². The molecule has 1 saturated carbocycles. The maximum absolute atomic E-state index is 13.5. The summed E-state index contributed by atoms with van der Waals surface area (Å²) in [5.74, 6) is -4.64. The number of Topliss-reactive ketones (excluding diaryl/α,β-unsaturated/α-hetero) is 4. The number of hydrogen-bond acceptors (Lipinski definition) is 7. The molecule has 3 atom stereocenters. The average Bonchev–Trinajstić information content (AvgIpc) is 2.66. The number of phenolic OH excluding ortho intramolecular Hbond substituents is 1. The predicted molar refractivity (Wildman–Crippen MR) is 111 cm³/mol. The molecule has 1 fully saturated rings. The topological polar surface area (TPSA) is 129 Å². The molecule has 0 radical (unpaired) electrons. The number of carbonyl (C=O) groups is 4. The summed E-state index contributed by atoms with van der Waals surface area (Å²) >= 11 is 0. The molecule has 0 saturated heterocycles. The van der Waals surface area contributed by atoms with E-state index in [9.17, 15) is 34.5 Å². The first-order chi connectivity index (χ1) is 14.4. The van der Waals surface area contributed by atoms with Gasteiger partial charge in [0.1, 0.15) is 11.5 Å². The third-order valence-corrected chi connectivity index (χ3v) is 6.98. The van der Waals surface area contributed by atoms with Crippen LogP contribution in [-0.4, -0.2) is 44.1 Å². The lowest BCUT2D eigenvalue weighted by atomic mass is 9.57. The molecule has 162 valence electrons. The summed E-state index contributed by atoms with van der Waals surface area (Å²) in [4.78, 5) is 50.8. The van der Waals surface area contributed by atoms with Crippen LogP contribution >= 0.6 is 0 Å². The van der Waals surface area contributed by atoms with Gasteiger partial charge in [-0.25, -0.2) is 0 Å². The third-order valence-electron chi connectivity index (χ3n) is 6.98. The van der Waals surface area contributed by atoms with Gasteiger partial charge >= 0.3 is 0 Å². The minimum Gasteiger partial charge on any atom is -0.507 e. The Kier molecular flexibility index (Phi) is 4.59. The molecule has 3 aliphatic carbocycles. The maximum Gasteiger partial charge on any atom is 0.206 e. The van der Waals surface area contributed by atoms with E-state index in [0.29, 0.717) is 22.3 Å². The van der Waals surface area contributed by atoms with Crippen molar-refractivity contribution in [3.63, 3.8) is 0 Å². The van der Waals surface area contributed by atoms with Gasteiger partial charge in [0.05, 0.1) is 11.1 Å².